The Morgan fingerprint density at radius 3 is 2.52 bits per heavy atom. The summed E-state index contributed by atoms with van der Waals surface area (Å²) in [5, 5.41) is 3.16. The predicted octanol–water partition coefficient (Wildman–Crippen LogP) is 1.69. The lowest BCUT2D eigenvalue weighted by Gasteiger charge is -2.36. The van der Waals surface area contributed by atoms with Crippen LogP contribution in [-0.4, -0.2) is 63.8 Å². The molecule has 1 aromatic carbocycles. The van der Waals surface area contributed by atoms with Crippen LogP contribution in [0.3, 0.4) is 0 Å². The highest BCUT2D eigenvalue weighted by molar-refractivity contribution is 5.77. The van der Waals surface area contributed by atoms with Crippen molar-refractivity contribution in [2.75, 3.05) is 57.8 Å². The fourth-order valence-corrected chi connectivity index (χ4v) is 2.82. The summed E-state index contributed by atoms with van der Waals surface area (Å²) in [7, 11) is 1.70. The Balaban J connectivity index is 1.63. The summed E-state index contributed by atoms with van der Waals surface area (Å²) >= 11 is 0. The van der Waals surface area contributed by atoms with E-state index in [1.54, 1.807) is 7.11 Å². The van der Waals surface area contributed by atoms with E-state index in [0.29, 0.717) is 12.5 Å². The Bertz CT molecular complexity index is 562. The molecule has 1 aliphatic rings. The molecule has 0 aliphatic carbocycles. The maximum absolute atomic E-state index is 5.81. The first-order valence-electron chi connectivity index (χ1n) is 8.88. The number of piperazine rings is 1. The van der Waals surface area contributed by atoms with Gasteiger partial charge >= 0.3 is 0 Å². The van der Waals surface area contributed by atoms with Gasteiger partial charge in [0.2, 0.25) is 0 Å². The van der Waals surface area contributed by atoms with Crippen LogP contribution in [0.2, 0.25) is 0 Å². The molecule has 1 aliphatic heterocycles. The number of methoxy groups -OCH3 is 1. The maximum Gasteiger partial charge on any atom is 0.188 e. The zero-order valence-corrected chi connectivity index (χ0v) is 15.5. The number of hydrogen-bond donors (Lipinski definition) is 2. The van der Waals surface area contributed by atoms with E-state index in [0.717, 1.165) is 57.0 Å². The molecule has 0 bridgehead atoms. The molecule has 1 heterocycles. The van der Waals surface area contributed by atoms with Gasteiger partial charge in [0.1, 0.15) is 5.75 Å². The predicted molar refractivity (Wildman–Crippen MR) is 106 cm³/mol. The summed E-state index contributed by atoms with van der Waals surface area (Å²) in [6, 6.07) is 8.30. The third-order valence-corrected chi connectivity index (χ3v) is 4.29. The van der Waals surface area contributed by atoms with Gasteiger partial charge in [-0.15, -0.1) is 0 Å². The van der Waals surface area contributed by atoms with Gasteiger partial charge in [-0.2, -0.15) is 0 Å². The van der Waals surface area contributed by atoms with Crippen LogP contribution in [0.4, 0.5) is 5.69 Å². The second-order valence-corrected chi connectivity index (χ2v) is 6.47. The van der Waals surface area contributed by atoms with Gasteiger partial charge in [0, 0.05) is 38.4 Å². The first-order chi connectivity index (χ1) is 12.1. The minimum atomic E-state index is 0.507. The van der Waals surface area contributed by atoms with Crippen molar-refractivity contribution in [3.05, 3.63) is 36.4 Å². The van der Waals surface area contributed by atoms with Crippen LogP contribution in [0, 0.1) is 0 Å². The molecule has 6 heteroatoms. The van der Waals surface area contributed by atoms with Crippen molar-refractivity contribution in [1.82, 2.24) is 10.2 Å². The lowest BCUT2D eigenvalue weighted by atomic mass is 10.2. The Kier molecular flexibility index (Phi) is 7.60. The van der Waals surface area contributed by atoms with Crippen molar-refractivity contribution in [2.45, 2.75) is 13.3 Å². The number of ether oxygens (including phenoxy) is 1. The van der Waals surface area contributed by atoms with Crippen molar-refractivity contribution in [3.8, 4) is 5.75 Å². The first kappa shape index (κ1) is 19.1. The molecule has 1 saturated heterocycles. The van der Waals surface area contributed by atoms with Gasteiger partial charge in [0.05, 0.1) is 13.7 Å². The van der Waals surface area contributed by atoms with Crippen molar-refractivity contribution < 1.29 is 4.74 Å². The minimum absolute atomic E-state index is 0.507. The van der Waals surface area contributed by atoms with E-state index >= 15 is 0 Å². The van der Waals surface area contributed by atoms with E-state index in [2.05, 4.69) is 38.8 Å². The average Bonchev–Trinajstić information content (AvgIpc) is 2.64. The van der Waals surface area contributed by atoms with Crippen molar-refractivity contribution in [2.24, 2.45) is 10.7 Å². The fourth-order valence-electron chi connectivity index (χ4n) is 2.82. The molecule has 138 valence electrons. The molecule has 2 rings (SSSR count). The Labute approximate surface area is 151 Å². The number of rotatable bonds is 8. The van der Waals surface area contributed by atoms with E-state index in [9.17, 15) is 0 Å². The quantitative estimate of drug-likeness (QED) is 0.325. The first-order valence-corrected chi connectivity index (χ1v) is 8.88. The van der Waals surface area contributed by atoms with Crippen LogP contribution in [0.15, 0.2) is 41.4 Å². The summed E-state index contributed by atoms with van der Waals surface area (Å²) in [6.45, 7) is 12.6. The molecule has 6 nitrogen and oxygen atoms in total. The number of nitrogens with zero attached hydrogens (tertiary/aromatic N) is 3. The highest BCUT2D eigenvalue weighted by Crippen LogP contribution is 2.20. The third-order valence-electron chi connectivity index (χ3n) is 4.29. The van der Waals surface area contributed by atoms with E-state index in [-0.39, 0.29) is 0 Å². The van der Waals surface area contributed by atoms with Gasteiger partial charge in [-0.05, 0) is 44.2 Å². The van der Waals surface area contributed by atoms with Crippen molar-refractivity contribution in [1.29, 1.82) is 0 Å². The van der Waals surface area contributed by atoms with Gasteiger partial charge in [0.25, 0.3) is 0 Å². The summed E-state index contributed by atoms with van der Waals surface area (Å²) in [6.07, 6.45) is 1.06. The van der Waals surface area contributed by atoms with E-state index < -0.39 is 0 Å². The van der Waals surface area contributed by atoms with E-state index in [1.807, 2.05) is 19.1 Å². The van der Waals surface area contributed by atoms with Gasteiger partial charge in [-0.1, -0.05) is 12.2 Å². The third kappa shape index (κ3) is 6.66. The van der Waals surface area contributed by atoms with Crippen LogP contribution in [0.5, 0.6) is 5.75 Å². The standard InChI is InChI=1S/C19H31N5O/c1-16(2)15-22-19(20)21-9-4-10-23-11-13-24(14-12-23)17-5-7-18(25-3)8-6-17/h5-8H,1,4,9-15H2,2-3H3,(H3,20,21,22). The van der Waals surface area contributed by atoms with E-state index in [1.165, 1.54) is 5.69 Å². The van der Waals surface area contributed by atoms with Crippen LogP contribution in [-0.2, 0) is 0 Å². The molecule has 1 aromatic rings. The smallest absolute Gasteiger partial charge is 0.188 e. The largest absolute Gasteiger partial charge is 0.497 e. The van der Waals surface area contributed by atoms with Crippen LogP contribution < -0.4 is 20.7 Å². The van der Waals surface area contributed by atoms with Gasteiger partial charge in [-0.25, -0.2) is 4.99 Å². The van der Waals surface area contributed by atoms with Crippen LogP contribution in [0.25, 0.3) is 0 Å². The number of nitrogens with one attached hydrogen (secondary N) is 1. The normalized spacial score (nSPS) is 15.9. The number of guanidine groups is 1. The summed E-state index contributed by atoms with van der Waals surface area (Å²) < 4.78 is 5.22. The highest BCUT2D eigenvalue weighted by atomic mass is 16.5. The van der Waals surface area contributed by atoms with Crippen LogP contribution >= 0.6 is 0 Å². The number of anilines is 1. The highest BCUT2D eigenvalue weighted by Gasteiger charge is 2.16. The molecule has 0 radical (unpaired) electrons. The van der Waals surface area contributed by atoms with Gasteiger partial charge in [0.15, 0.2) is 5.96 Å². The molecule has 1 fully saturated rings. The summed E-state index contributed by atoms with van der Waals surface area (Å²) in [5.74, 6) is 1.41. The molecule has 25 heavy (non-hydrogen) atoms. The molecule has 0 aromatic heterocycles. The van der Waals surface area contributed by atoms with Gasteiger partial charge < -0.3 is 20.7 Å². The van der Waals surface area contributed by atoms with Crippen molar-refractivity contribution in [3.63, 3.8) is 0 Å². The zero-order chi connectivity index (χ0) is 18.1. The molecular weight excluding hydrogens is 314 g/mol. The lowest BCUT2D eigenvalue weighted by Crippen LogP contribution is -2.47. The number of benzene rings is 1. The molecular formula is C19H31N5O. The number of hydrogen-bond acceptors (Lipinski definition) is 4. The molecule has 0 atom stereocenters. The Morgan fingerprint density at radius 2 is 1.92 bits per heavy atom. The van der Waals surface area contributed by atoms with Crippen molar-refractivity contribution >= 4 is 11.6 Å². The summed E-state index contributed by atoms with van der Waals surface area (Å²) in [4.78, 5) is 9.15. The second kappa shape index (κ2) is 9.93. The van der Waals surface area contributed by atoms with E-state index in [4.69, 9.17) is 10.5 Å². The molecule has 0 spiro atoms. The average molecular weight is 345 g/mol. The summed E-state index contributed by atoms with van der Waals surface area (Å²) in [5.41, 5.74) is 8.09. The number of nitrogens with two attached hydrogens (primary N) is 1. The van der Waals surface area contributed by atoms with Gasteiger partial charge in [-0.3, -0.25) is 4.90 Å². The molecule has 0 unspecified atom stereocenters. The van der Waals surface area contributed by atoms with Crippen LogP contribution in [0.1, 0.15) is 13.3 Å². The monoisotopic (exact) mass is 345 g/mol. The zero-order valence-electron chi connectivity index (χ0n) is 15.5. The fraction of sp³-hybridized carbons (Fsp3) is 0.526. The molecule has 0 saturated carbocycles. The minimum Gasteiger partial charge on any atom is -0.497 e. The lowest BCUT2D eigenvalue weighted by molar-refractivity contribution is 0.255. The Morgan fingerprint density at radius 1 is 1.24 bits per heavy atom. The molecule has 0 amide bonds. The SMILES string of the molecule is C=C(C)CN=C(N)NCCCN1CCN(c2ccc(OC)cc2)CC1. The molecule has 3 N–H and O–H groups in total. The topological polar surface area (TPSA) is 66.1 Å². The second-order valence-electron chi connectivity index (χ2n) is 6.47. The Hall–Kier alpha value is -2.21. The number of aliphatic imine (C=N–C) groups is 1. The maximum atomic E-state index is 5.81.